The number of halogens is 1. The second kappa shape index (κ2) is 11.2. The summed E-state index contributed by atoms with van der Waals surface area (Å²) in [5.41, 5.74) is 0.980. The van der Waals surface area contributed by atoms with Crippen LogP contribution in [0.1, 0.15) is 25.8 Å². The van der Waals surface area contributed by atoms with Gasteiger partial charge in [-0.15, -0.1) is 24.0 Å². The van der Waals surface area contributed by atoms with Crippen molar-refractivity contribution in [1.29, 1.82) is 0 Å². The van der Waals surface area contributed by atoms with E-state index >= 15 is 0 Å². The first-order valence-corrected chi connectivity index (χ1v) is 8.70. The van der Waals surface area contributed by atoms with Gasteiger partial charge in [0.1, 0.15) is 0 Å². The van der Waals surface area contributed by atoms with Gasteiger partial charge in [0.15, 0.2) is 5.96 Å². The molecule has 26 heavy (non-hydrogen) atoms. The second-order valence-corrected chi connectivity index (χ2v) is 6.23. The third kappa shape index (κ3) is 5.72. The topological polar surface area (TPSA) is 76.0 Å². The molecule has 2 rings (SSSR count). The predicted molar refractivity (Wildman–Crippen MR) is 112 cm³/mol. The maximum absolute atomic E-state index is 11.9. The minimum absolute atomic E-state index is 0. The number of rotatable bonds is 6. The van der Waals surface area contributed by atoms with E-state index in [1.165, 1.54) is 7.11 Å². The predicted octanol–water partition coefficient (Wildman–Crippen LogP) is 2.30. The van der Waals surface area contributed by atoms with Crippen LogP contribution in [0.2, 0.25) is 0 Å². The number of methoxy groups -OCH3 is 1. The summed E-state index contributed by atoms with van der Waals surface area (Å²) in [5, 5.41) is 3.35. The highest BCUT2D eigenvalue weighted by atomic mass is 127. The highest BCUT2D eigenvalue weighted by Gasteiger charge is 2.36. The van der Waals surface area contributed by atoms with Crippen molar-refractivity contribution in [3.63, 3.8) is 0 Å². The third-order valence-electron chi connectivity index (χ3n) is 4.36. The lowest BCUT2D eigenvalue weighted by Gasteiger charge is -2.22. The first-order chi connectivity index (χ1) is 12.1. The van der Waals surface area contributed by atoms with E-state index in [0.29, 0.717) is 25.6 Å². The van der Waals surface area contributed by atoms with Gasteiger partial charge < -0.3 is 19.7 Å². The first kappa shape index (κ1) is 22.5. The standard InChI is InChI=1S/C18H28N4O3.HI/c1-5-9-25-16-14(7-6-8-20-16)10-21-18(19-3)22-11-13(2)15(12-22)17(23)24-4;/h6-8,13,15H,5,9-12H2,1-4H3,(H,19,21);1H. The molecule has 2 unspecified atom stereocenters. The van der Waals surface area contributed by atoms with Crippen molar-refractivity contribution in [2.24, 2.45) is 16.8 Å². The van der Waals surface area contributed by atoms with E-state index in [4.69, 9.17) is 9.47 Å². The summed E-state index contributed by atoms with van der Waals surface area (Å²) in [6.07, 6.45) is 2.66. The van der Waals surface area contributed by atoms with Gasteiger partial charge in [0.05, 0.1) is 19.6 Å². The molecule has 1 saturated heterocycles. The van der Waals surface area contributed by atoms with Gasteiger partial charge in [-0.1, -0.05) is 19.9 Å². The summed E-state index contributed by atoms with van der Waals surface area (Å²) < 4.78 is 10.6. The van der Waals surface area contributed by atoms with E-state index in [9.17, 15) is 4.79 Å². The maximum atomic E-state index is 11.9. The largest absolute Gasteiger partial charge is 0.477 e. The van der Waals surface area contributed by atoms with Gasteiger partial charge >= 0.3 is 5.97 Å². The molecule has 7 nitrogen and oxygen atoms in total. The molecule has 2 heterocycles. The SMILES string of the molecule is CCCOc1ncccc1CNC(=NC)N1CC(C)C(C(=O)OC)C1.I. The maximum Gasteiger partial charge on any atom is 0.310 e. The van der Waals surface area contributed by atoms with Crippen LogP contribution >= 0.6 is 24.0 Å². The van der Waals surface area contributed by atoms with Gasteiger partial charge in [-0.3, -0.25) is 9.79 Å². The summed E-state index contributed by atoms with van der Waals surface area (Å²) in [6, 6.07) is 3.88. The molecule has 1 aromatic heterocycles. The third-order valence-corrected chi connectivity index (χ3v) is 4.36. The lowest BCUT2D eigenvalue weighted by Crippen LogP contribution is -2.40. The van der Waals surface area contributed by atoms with Gasteiger partial charge in [0, 0.05) is 38.4 Å². The van der Waals surface area contributed by atoms with Crippen molar-refractivity contribution in [3.8, 4) is 5.88 Å². The van der Waals surface area contributed by atoms with E-state index in [1.54, 1.807) is 13.2 Å². The second-order valence-electron chi connectivity index (χ2n) is 6.23. The molecule has 1 fully saturated rings. The fourth-order valence-electron chi connectivity index (χ4n) is 2.99. The molecular weight excluding hydrogens is 447 g/mol. The van der Waals surface area contributed by atoms with Crippen LogP contribution in [-0.2, 0) is 16.1 Å². The summed E-state index contributed by atoms with van der Waals surface area (Å²) in [4.78, 5) is 22.6. The van der Waals surface area contributed by atoms with Crippen molar-refractivity contribution in [2.45, 2.75) is 26.8 Å². The lowest BCUT2D eigenvalue weighted by atomic mass is 9.99. The number of nitrogens with zero attached hydrogens (tertiary/aromatic N) is 3. The van der Waals surface area contributed by atoms with Crippen LogP contribution in [0.3, 0.4) is 0 Å². The highest BCUT2D eigenvalue weighted by molar-refractivity contribution is 14.0. The lowest BCUT2D eigenvalue weighted by molar-refractivity contribution is -0.145. The fourth-order valence-corrected chi connectivity index (χ4v) is 2.99. The number of nitrogens with one attached hydrogen (secondary N) is 1. The molecular formula is C18H29IN4O3. The van der Waals surface area contributed by atoms with Crippen LogP contribution in [0.4, 0.5) is 0 Å². The van der Waals surface area contributed by atoms with Crippen LogP contribution in [0.25, 0.3) is 0 Å². The zero-order valence-corrected chi connectivity index (χ0v) is 18.2. The van der Waals surface area contributed by atoms with Crippen molar-refractivity contribution >= 4 is 35.9 Å². The fraction of sp³-hybridized carbons (Fsp3) is 0.611. The number of carbonyl (C=O) groups is 1. The van der Waals surface area contributed by atoms with Gasteiger partial charge in [-0.05, 0) is 18.4 Å². The molecule has 0 saturated carbocycles. The summed E-state index contributed by atoms with van der Waals surface area (Å²) in [7, 11) is 3.18. The number of guanidine groups is 1. The summed E-state index contributed by atoms with van der Waals surface area (Å²) in [5.74, 6) is 1.37. The van der Waals surface area contributed by atoms with Crippen LogP contribution in [0, 0.1) is 11.8 Å². The van der Waals surface area contributed by atoms with Gasteiger partial charge in [-0.25, -0.2) is 4.98 Å². The molecule has 0 amide bonds. The van der Waals surface area contributed by atoms with Crippen molar-refractivity contribution in [1.82, 2.24) is 15.2 Å². The molecule has 1 aromatic rings. The number of hydrogen-bond donors (Lipinski definition) is 1. The number of ether oxygens (including phenoxy) is 2. The van der Waals surface area contributed by atoms with Crippen LogP contribution in [-0.4, -0.2) is 55.7 Å². The molecule has 0 aromatic carbocycles. The Labute approximate surface area is 172 Å². The zero-order valence-electron chi connectivity index (χ0n) is 15.9. The number of likely N-dealkylation sites (tertiary alicyclic amines) is 1. The van der Waals surface area contributed by atoms with Gasteiger partial charge in [0.2, 0.25) is 5.88 Å². The smallest absolute Gasteiger partial charge is 0.310 e. The van der Waals surface area contributed by atoms with Crippen molar-refractivity contribution in [3.05, 3.63) is 23.9 Å². The quantitative estimate of drug-likeness (QED) is 0.294. The van der Waals surface area contributed by atoms with E-state index in [-0.39, 0.29) is 41.8 Å². The Bertz CT molecular complexity index is 612. The van der Waals surface area contributed by atoms with Gasteiger partial charge in [-0.2, -0.15) is 0 Å². The minimum Gasteiger partial charge on any atom is -0.477 e. The number of hydrogen-bond acceptors (Lipinski definition) is 5. The Morgan fingerprint density at radius 2 is 2.23 bits per heavy atom. The van der Waals surface area contributed by atoms with Crippen LogP contribution in [0.5, 0.6) is 5.88 Å². The Kier molecular flexibility index (Phi) is 9.68. The first-order valence-electron chi connectivity index (χ1n) is 8.70. The normalized spacial score (nSPS) is 19.7. The van der Waals surface area contributed by atoms with Crippen LogP contribution < -0.4 is 10.1 Å². The molecule has 0 bridgehead atoms. The van der Waals surface area contributed by atoms with Gasteiger partial charge in [0.25, 0.3) is 0 Å². The number of pyridine rings is 1. The number of aliphatic imine (C=N–C) groups is 1. The average Bonchev–Trinajstić information content (AvgIpc) is 3.02. The van der Waals surface area contributed by atoms with E-state index in [0.717, 1.165) is 24.5 Å². The summed E-state index contributed by atoms with van der Waals surface area (Å²) in [6.45, 7) is 6.71. The van der Waals surface area contributed by atoms with E-state index in [2.05, 4.69) is 34.0 Å². The average molecular weight is 476 g/mol. The summed E-state index contributed by atoms with van der Waals surface area (Å²) >= 11 is 0. The molecule has 0 spiro atoms. The molecule has 8 heteroatoms. The monoisotopic (exact) mass is 476 g/mol. The Morgan fingerprint density at radius 1 is 1.46 bits per heavy atom. The van der Waals surface area contributed by atoms with E-state index < -0.39 is 0 Å². The Morgan fingerprint density at radius 3 is 2.88 bits per heavy atom. The molecule has 2 atom stereocenters. The molecule has 1 N–H and O–H groups in total. The molecule has 0 radical (unpaired) electrons. The number of carbonyl (C=O) groups excluding carboxylic acids is 1. The molecule has 0 aliphatic carbocycles. The van der Waals surface area contributed by atoms with Crippen molar-refractivity contribution < 1.29 is 14.3 Å². The molecule has 146 valence electrons. The number of esters is 1. The highest BCUT2D eigenvalue weighted by Crippen LogP contribution is 2.24. The van der Waals surface area contributed by atoms with E-state index in [1.807, 2.05) is 12.1 Å². The zero-order chi connectivity index (χ0) is 18.2. The number of aromatic nitrogens is 1. The van der Waals surface area contributed by atoms with Crippen molar-refractivity contribution in [2.75, 3.05) is 33.9 Å². The Hall–Kier alpha value is -1.58. The van der Waals surface area contributed by atoms with Crippen LogP contribution in [0.15, 0.2) is 23.3 Å². The Balaban J connectivity index is 0.00000338. The molecule has 1 aliphatic heterocycles. The minimum atomic E-state index is -0.159. The molecule has 1 aliphatic rings.